The summed E-state index contributed by atoms with van der Waals surface area (Å²) in [7, 11) is 0. The van der Waals surface area contributed by atoms with Gasteiger partial charge in [0.25, 0.3) is 5.91 Å². The van der Waals surface area contributed by atoms with Crippen molar-refractivity contribution in [2.24, 2.45) is 0 Å². The molecule has 3 aromatic rings. The Hall–Kier alpha value is -3.50. The van der Waals surface area contributed by atoms with Gasteiger partial charge < -0.3 is 15.2 Å². The van der Waals surface area contributed by atoms with E-state index in [1.807, 2.05) is 24.3 Å². The lowest BCUT2D eigenvalue weighted by atomic mass is 9.91. The Balaban J connectivity index is 1.08. The molecule has 10 heteroatoms. The number of rotatable bonds is 9. The molecule has 10 nitrogen and oxygen atoms in total. The highest BCUT2D eigenvalue weighted by Gasteiger charge is 2.41. The molecule has 1 fully saturated rings. The van der Waals surface area contributed by atoms with Gasteiger partial charge in [-0.1, -0.05) is 17.4 Å². The molecule has 0 atom stereocenters. The monoisotopic (exact) mass is 447 g/mol. The fourth-order valence-electron chi connectivity index (χ4n) is 3.91. The van der Waals surface area contributed by atoms with Crippen LogP contribution >= 0.6 is 0 Å². The summed E-state index contributed by atoms with van der Waals surface area (Å²) in [4.78, 5) is 16.4. The fraction of sp³-hybridized carbons (Fsp3) is 0.391. The van der Waals surface area contributed by atoms with Crippen molar-refractivity contribution in [2.75, 3.05) is 13.2 Å². The van der Waals surface area contributed by atoms with Crippen LogP contribution in [0.4, 0.5) is 0 Å². The fourth-order valence-corrected chi connectivity index (χ4v) is 3.91. The Morgan fingerprint density at radius 2 is 2.09 bits per heavy atom. The zero-order valence-corrected chi connectivity index (χ0v) is 18.1. The number of nitrogens with zero attached hydrogens (tertiary/aromatic N) is 6. The maximum atomic E-state index is 12.3. The largest absolute Gasteiger partial charge is 0.381 e. The number of pyridine rings is 1. The van der Waals surface area contributed by atoms with Crippen LogP contribution in [0.25, 0.3) is 6.08 Å². The third-order valence-corrected chi connectivity index (χ3v) is 5.92. The lowest BCUT2D eigenvalue weighted by Gasteiger charge is -2.37. The molecule has 0 aromatic carbocycles. The van der Waals surface area contributed by atoms with Gasteiger partial charge in [-0.05, 0) is 43.0 Å². The van der Waals surface area contributed by atoms with Gasteiger partial charge in [-0.15, -0.1) is 5.10 Å². The average molecular weight is 447 g/mol. The van der Waals surface area contributed by atoms with E-state index in [2.05, 4.69) is 36.9 Å². The van der Waals surface area contributed by atoms with Crippen molar-refractivity contribution in [3.8, 4) is 0 Å². The van der Waals surface area contributed by atoms with Crippen LogP contribution in [0.3, 0.4) is 0 Å². The number of amides is 1. The van der Waals surface area contributed by atoms with E-state index in [9.17, 15) is 9.90 Å². The van der Waals surface area contributed by atoms with Crippen LogP contribution in [0.1, 0.15) is 46.0 Å². The van der Waals surface area contributed by atoms with Crippen molar-refractivity contribution in [1.29, 1.82) is 0 Å². The first kappa shape index (κ1) is 21.4. The molecular formula is C23H25N7O3. The Kier molecular flexibility index (Phi) is 5.93. The number of nitrogens with one attached hydrogen (secondary N) is 1. The number of carbonyl (C=O) groups is 1. The minimum absolute atomic E-state index is 0.272. The van der Waals surface area contributed by atoms with Crippen molar-refractivity contribution in [1.82, 2.24) is 35.5 Å². The third kappa shape index (κ3) is 4.81. The minimum Gasteiger partial charge on any atom is -0.381 e. The Labute approximate surface area is 190 Å². The van der Waals surface area contributed by atoms with E-state index in [1.54, 1.807) is 17.1 Å². The van der Waals surface area contributed by atoms with Gasteiger partial charge in [0.05, 0.1) is 43.0 Å². The smallest absolute Gasteiger partial charge is 0.273 e. The Bertz CT molecular complexity index is 1170. The van der Waals surface area contributed by atoms with Gasteiger partial charge in [-0.25, -0.2) is 0 Å². The second-order valence-corrected chi connectivity index (χ2v) is 8.44. The summed E-state index contributed by atoms with van der Waals surface area (Å²) in [6.45, 7) is 1.71. The molecule has 170 valence electrons. The highest BCUT2D eigenvalue weighted by Crippen LogP contribution is 2.35. The molecule has 33 heavy (non-hydrogen) atoms. The molecule has 3 aromatic heterocycles. The number of ether oxygens (including phenoxy) is 1. The van der Waals surface area contributed by atoms with E-state index < -0.39 is 5.60 Å². The molecular weight excluding hydrogens is 422 g/mol. The number of aliphatic hydroxyl groups is 1. The predicted octanol–water partition coefficient (Wildman–Crippen LogP) is 1.12. The molecule has 2 aliphatic rings. The van der Waals surface area contributed by atoms with Crippen molar-refractivity contribution in [3.05, 3.63) is 70.6 Å². The molecule has 5 rings (SSSR count). The predicted molar refractivity (Wildman–Crippen MR) is 118 cm³/mol. The number of hydrogen-bond donors (Lipinski definition) is 2. The van der Waals surface area contributed by atoms with Crippen LogP contribution in [-0.4, -0.2) is 60.0 Å². The quantitative estimate of drug-likeness (QED) is 0.467. The van der Waals surface area contributed by atoms with E-state index in [-0.39, 0.29) is 11.6 Å². The Morgan fingerprint density at radius 3 is 2.88 bits per heavy atom. The summed E-state index contributed by atoms with van der Waals surface area (Å²) in [6, 6.07) is 7.61. The topological polar surface area (TPSA) is 128 Å². The maximum Gasteiger partial charge on any atom is 0.273 e. The van der Waals surface area contributed by atoms with Crippen molar-refractivity contribution in [3.63, 3.8) is 0 Å². The second-order valence-electron chi connectivity index (χ2n) is 8.44. The normalized spacial score (nSPS) is 16.1. The number of hydrogen-bond acceptors (Lipinski definition) is 8. The first-order chi connectivity index (χ1) is 16.1. The van der Waals surface area contributed by atoms with Gasteiger partial charge in [0.15, 0.2) is 5.69 Å². The second kappa shape index (κ2) is 9.16. The zero-order chi connectivity index (χ0) is 22.7. The highest BCUT2D eigenvalue weighted by molar-refractivity contribution is 5.91. The minimum atomic E-state index is -0.840. The molecule has 0 radical (unpaired) electrons. The number of fused-ring (bicyclic) bond motifs is 1. The number of aromatic nitrogens is 6. The SMILES string of the molecule is O=C(NCc1ccccn1)c1cn(CCCCc2cc3c(nn2)CC(C2(O)COC2)=C3)nn1. The summed E-state index contributed by atoms with van der Waals surface area (Å²) < 4.78 is 6.84. The van der Waals surface area contributed by atoms with Crippen molar-refractivity contribution < 1.29 is 14.6 Å². The average Bonchev–Trinajstić information content (AvgIpc) is 3.46. The first-order valence-electron chi connectivity index (χ1n) is 11.0. The Morgan fingerprint density at radius 1 is 1.18 bits per heavy atom. The first-order valence-corrected chi connectivity index (χ1v) is 11.0. The van der Waals surface area contributed by atoms with Crippen molar-refractivity contribution in [2.45, 2.75) is 44.4 Å². The summed E-state index contributed by atoms with van der Waals surface area (Å²) in [5.74, 6) is -0.272. The maximum absolute atomic E-state index is 12.3. The van der Waals surface area contributed by atoms with E-state index in [4.69, 9.17) is 4.74 Å². The van der Waals surface area contributed by atoms with Gasteiger partial charge in [-0.2, -0.15) is 10.2 Å². The standard InChI is InChI=1S/C23H25N7O3/c31-22(25-12-19-6-1-3-7-24-19)21-13-30(29-28-21)8-4-2-5-18-10-16-9-17(11-20(16)27-26-18)23(32)14-33-15-23/h1,3,6-7,9-10,13,32H,2,4-5,8,11-12,14-15H2,(H,25,31). The summed E-state index contributed by atoms with van der Waals surface area (Å²) >= 11 is 0. The third-order valence-electron chi connectivity index (χ3n) is 5.92. The molecule has 1 aliphatic heterocycles. The summed E-state index contributed by atoms with van der Waals surface area (Å²) in [6.07, 6.45) is 8.57. The number of aryl methyl sites for hydroxylation is 2. The van der Waals surface area contributed by atoms with Crippen LogP contribution in [-0.2, 0) is 30.7 Å². The lowest BCUT2D eigenvalue weighted by molar-refractivity contribution is -0.154. The van der Waals surface area contributed by atoms with E-state index in [1.165, 1.54) is 0 Å². The molecule has 1 aliphatic carbocycles. The number of carbonyl (C=O) groups excluding carboxylic acids is 1. The molecule has 2 N–H and O–H groups in total. The summed E-state index contributed by atoms with van der Waals surface area (Å²) in [5, 5.41) is 30.0. The van der Waals surface area contributed by atoms with Gasteiger partial charge >= 0.3 is 0 Å². The van der Waals surface area contributed by atoms with E-state index in [0.29, 0.717) is 32.7 Å². The van der Waals surface area contributed by atoms with Crippen LogP contribution in [0.5, 0.6) is 0 Å². The molecule has 0 unspecified atom stereocenters. The molecule has 1 saturated heterocycles. The molecule has 1 amide bonds. The zero-order valence-electron chi connectivity index (χ0n) is 18.1. The van der Waals surface area contributed by atoms with Crippen LogP contribution in [0.2, 0.25) is 0 Å². The van der Waals surface area contributed by atoms with Gasteiger partial charge in [0.1, 0.15) is 5.60 Å². The lowest BCUT2D eigenvalue weighted by Crippen LogP contribution is -2.51. The van der Waals surface area contributed by atoms with Crippen molar-refractivity contribution >= 4 is 12.0 Å². The summed E-state index contributed by atoms with van der Waals surface area (Å²) in [5.41, 5.74) is 4.06. The number of unbranched alkanes of at least 4 members (excludes halogenated alkanes) is 1. The molecule has 0 bridgehead atoms. The van der Waals surface area contributed by atoms with Gasteiger partial charge in [0.2, 0.25) is 0 Å². The highest BCUT2D eigenvalue weighted by atomic mass is 16.5. The molecule has 0 saturated carbocycles. The van der Waals surface area contributed by atoms with Gasteiger partial charge in [0, 0.05) is 24.7 Å². The van der Waals surface area contributed by atoms with Crippen LogP contribution in [0.15, 0.2) is 42.2 Å². The van der Waals surface area contributed by atoms with E-state index >= 15 is 0 Å². The van der Waals surface area contributed by atoms with Crippen LogP contribution < -0.4 is 5.32 Å². The van der Waals surface area contributed by atoms with E-state index in [0.717, 1.165) is 47.5 Å². The molecule has 4 heterocycles. The van der Waals surface area contributed by atoms with Gasteiger partial charge in [-0.3, -0.25) is 14.5 Å². The van der Waals surface area contributed by atoms with Crippen LogP contribution in [0, 0.1) is 0 Å². The molecule has 0 spiro atoms.